The highest BCUT2D eigenvalue weighted by atomic mass is 32.2. The summed E-state index contributed by atoms with van der Waals surface area (Å²) in [7, 11) is -4.02. The molecule has 1 N–H and O–H groups in total. The third-order valence-corrected chi connectivity index (χ3v) is 8.25. The van der Waals surface area contributed by atoms with Gasteiger partial charge in [-0.1, -0.05) is 13.8 Å². The van der Waals surface area contributed by atoms with Crippen molar-refractivity contribution in [2.24, 2.45) is 5.92 Å². The molecular formula is C19H22FN3O3S3. The van der Waals surface area contributed by atoms with Crippen LogP contribution in [0.4, 0.5) is 10.2 Å². The van der Waals surface area contributed by atoms with Gasteiger partial charge in [-0.15, -0.1) is 23.1 Å². The van der Waals surface area contributed by atoms with E-state index in [4.69, 9.17) is 0 Å². The number of benzene rings is 1. The molecule has 0 bridgehead atoms. The monoisotopic (exact) mass is 455 g/mol. The largest absolute Gasteiger partial charge is 0.354 e. The Bertz CT molecular complexity index is 1150. The second-order valence-electron chi connectivity index (χ2n) is 7.05. The van der Waals surface area contributed by atoms with E-state index in [1.54, 1.807) is 11.8 Å². The standard InChI is InChI=1S/C19H22FN3O3S3/c1-11(2)9-10-27-18-16-17(21-19(24)23(16)12(3)13(4)28-18)22-29(25,26)15-7-5-14(20)6-8-15/h5-8,11H,9-10H2,1-4H3,(H,21,22,24). The molecule has 0 atom stereocenters. The van der Waals surface area contributed by atoms with Crippen LogP contribution in [0.2, 0.25) is 0 Å². The molecule has 0 amide bonds. The number of aromatic nitrogens is 2. The number of hydrogen-bond acceptors (Lipinski definition) is 6. The van der Waals surface area contributed by atoms with Crippen molar-refractivity contribution in [3.63, 3.8) is 0 Å². The molecule has 29 heavy (non-hydrogen) atoms. The van der Waals surface area contributed by atoms with Crippen LogP contribution in [-0.4, -0.2) is 23.7 Å². The third kappa shape index (κ3) is 4.65. The lowest BCUT2D eigenvalue weighted by atomic mass is 10.2. The second-order valence-corrected chi connectivity index (χ2v) is 11.3. The first-order valence-electron chi connectivity index (χ1n) is 9.04. The van der Waals surface area contributed by atoms with E-state index < -0.39 is 21.5 Å². The fraction of sp³-hybridized carbons (Fsp3) is 0.368. The summed E-state index contributed by atoms with van der Waals surface area (Å²) >= 11 is 3.10. The van der Waals surface area contributed by atoms with E-state index in [1.807, 2.05) is 13.8 Å². The Hall–Kier alpha value is -1.91. The zero-order chi connectivity index (χ0) is 21.3. The fourth-order valence-corrected chi connectivity index (χ4v) is 6.45. The third-order valence-electron chi connectivity index (χ3n) is 4.41. The van der Waals surface area contributed by atoms with E-state index in [1.165, 1.54) is 28.0 Å². The van der Waals surface area contributed by atoms with Crippen molar-refractivity contribution < 1.29 is 12.8 Å². The molecule has 0 saturated carbocycles. The molecular weight excluding hydrogens is 433 g/mol. The minimum Gasteiger partial charge on any atom is -0.261 e. The Labute approximate surface area is 177 Å². The van der Waals surface area contributed by atoms with E-state index in [-0.39, 0.29) is 10.7 Å². The van der Waals surface area contributed by atoms with Crippen molar-refractivity contribution in [3.8, 4) is 5.69 Å². The number of rotatable bonds is 7. The van der Waals surface area contributed by atoms with Gasteiger partial charge in [0.15, 0.2) is 5.82 Å². The molecule has 1 aromatic carbocycles. The lowest BCUT2D eigenvalue weighted by Gasteiger charge is -2.16. The van der Waals surface area contributed by atoms with Crippen LogP contribution in [0.1, 0.15) is 30.8 Å². The maximum absolute atomic E-state index is 13.1. The summed E-state index contributed by atoms with van der Waals surface area (Å²) in [5, 5.41) is 0. The van der Waals surface area contributed by atoms with Crippen molar-refractivity contribution in [1.82, 2.24) is 9.55 Å². The van der Waals surface area contributed by atoms with Crippen LogP contribution in [0.3, 0.4) is 0 Å². The summed E-state index contributed by atoms with van der Waals surface area (Å²) < 4.78 is 43.3. The smallest absolute Gasteiger partial charge is 0.261 e. The highest BCUT2D eigenvalue weighted by Crippen LogP contribution is 2.38. The van der Waals surface area contributed by atoms with Gasteiger partial charge >= 0.3 is 5.69 Å². The molecule has 0 fully saturated rings. The first-order chi connectivity index (χ1) is 13.6. The van der Waals surface area contributed by atoms with Gasteiger partial charge in [0.1, 0.15) is 11.5 Å². The molecule has 0 radical (unpaired) electrons. The number of thioether (sulfide) groups is 1. The molecule has 156 valence electrons. The summed E-state index contributed by atoms with van der Waals surface area (Å²) in [6, 6.07) is 4.48. The number of halogens is 1. The Morgan fingerprint density at radius 2 is 1.90 bits per heavy atom. The molecule has 2 aliphatic heterocycles. The number of imidazole rings is 1. The summed E-state index contributed by atoms with van der Waals surface area (Å²) in [5.41, 5.74) is 0.654. The van der Waals surface area contributed by atoms with Crippen LogP contribution in [-0.2, 0) is 10.0 Å². The van der Waals surface area contributed by atoms with Crippen LogP contribution in [0.5, 0.6) is 0 Å². The van der Waals surface area contributed by atoms with E-state index in [0.717, 1.165) is 39.1 Å². The van der Waals surface area contributed by atoms with Crippen molar-refractivity contribution in [1.29, 1.82) is 0 Å². The fourth-order valence-electron chi connectivity index (χ4n) is 2.67. The van der Waals surface area contributed by atoms with E-state index in [0.29, 0.717) is 11.6 Å². The minimum absolute atomic E-state index is 0.00859. The van der Waals surface area contributed by atoms with Gasteiger partial charge in [0.05, 0.1) is 9.10 Å². The normalized spacial score (nSPS) is 12.1. The SMILES string of the molecule is Cc1sc(SCCC(C)C)c2c(NS(=O)(=O)c3ccc(F)cc3)nc(=O)n-2c1C. The van der Waals surface area contributed by atoms with Crippen molar-refractivity contribution in [3.05, 3.63) is 51.1 Å². The Balaban J connectivity index is 2.06. The molecule has 3 rings (SSSR count). The van der Waals surface area contributed by atoms with Gasteiger partial charge in [-0.25, -0.2) is 17.6 Å². The molecule has 2 heterocycles. The van der Waals surface area contributed by atoms with E-state index in [9.17, 15) is 17.6 Å². The maximum Gasteiger partial charge on any atom is 0.354 e. The molecule has 2 aliphatic rings. The zero-order valence-corrected chi connectivity index (χ0v) is 19.0. The summed E-state index contributed by atoms with van der Waals surface area (Å²) in [4.78, 5) is 17.4. The minimum atomic E-state index is -4.02. The van der Waals surface area contributed by atoms with Crippen LogP contribution in [0, 0.1) is 25.6 Å². The van der Waals surface area contributed by atoms with E-state index >= 15 is 0 Å². The lowest BCUT2D eigenvalue weighted by molar-refractivity contribution is 0.599. The number of sulfonamides is 1. The van der Waals surface area contributed by atoms with Gasteiger partial charge in [0.25, 0.3) is 10.0 Å². The number of aryl methyl sites for hydroxylation is 1. The molecule has 6 nitrogen and oxygen atoms in total. The first-order valence-corrected chi connectivity index (χ1v) is 12.3. The van der Waals surface area contributed by atoms with Crippen molar-refractivity contribution in [2.45, 2.75) is 43.2 Å². The molecule has 0 spiro atoms. The number of nitrogens with one attached hydrogen (secondary N) is 1. The van der Waals surface area contributed by atoms with Crippen LogP contribution >= 0.6 is 23.1 Å². The maximum atomic E-state index is 13.1. The van der Waals surface area contributed by atoms with Gasteiger partial charge in [-0.05, 0) is 56.2 Å². The molecule has 0 aliphatic carbocycles. The van der Waals surface area contributed by atoms with Crippen LogP contribution in [0.15, 0.2) is 38.2 Å². The molecule has 0 saturated heterocycles. The topological polar surface area (TPSA) is 81.1 Å². The van der Waals surface area contributed by atoms with Crippen LogP contribution < -0.4 is 10.4 Å². The van der Waals surface area contributed by atoms with Crippen molar-refractivity contribution >= 4 is 38.9 Å². The predicted molar refractivity (Wildman–Crippen MR) is 116 cm³/mol. The van der Waals surface area contributed by atoms with E-state index in [2.05, 4.69) is 23.6 Å². The first kappa shape index (κ1) is 21.8. The van der Waals surface area contributed by atoms with Gasteiger partial charge < -0.3 is 0 Å². The van der Waals surface area contributed by atoms with Crippen LogP contribution in [0.25, 0.3) is 5.69 Å². The number of anilines is 1. The number of fused-ring (bicyclic) bond motifs is 1. The summed E-state index contributed by atoms with van der Waals surface area (Å²) in [6.07, 6.45) is 0.992. The Kier molecular flexibility index (Phi) is 6.35. The average molecular weight is 456 g/mol. The number of nitrogens with zero attached hydrogens (tertiary/aromatic N) is 2. The summed E-state index contributed by atoms with van der Waals surface area (Å²) in [5.74, 6) is 0.836. The lowest BCUT2D eigenvalue weighted by Crippen LogP contribution is -2.17. The molecule has 10 heteroatoms. The van der Waals surface area contributed by atoms with Gasteiger partial charge in [0, 0.05) is 10.6 Å². The van der Waals surface area contributed by atoms with Gasteiger partial charge in [0.2, 0.25) is 0 Å². The highest BCUT2D eigenvalue weighted by molar-refractivity contribution is 8.01. The van der Waals surface area contributed by atoms with Gasteiger partial charge in [-0.3, -0.25) is 9.29 Å². The molecule has 0 aromatic heterocycles. The Morgan fingerprint density at radius 3 is 2.52 bits per heavy atom. The second kappa shape index (κ2) is 8.45. The summed E-state index contributed by atoms with van der Waals surface area (Å²) in [6.45, 7) is 8.00. The van der Waals surface area contributed by atoms with Crippen molar-refractivity contribution in [2.75, 3.05) is 10.5 Å². The molecule has 0 unspecified atom stereocenters. The zero-order valence-electron chi connectivity index (χ0n) is 16.5. The Morgan fingerprint density at radius 1 is 1.24 bits per heavy atom. The quantitative estimate of drug-likeness (QED) is 0.533. The molecule has 1 aromatic rings. The predicted octanol–water partition coefficient (Wildman–Crippen LogP) is 4.43. The number of hydrogen-bond donors (Lipinski definition) is 1. The van der Waals surface area contributed by atoms with Gasteiger partial charge in [-0.2, -0.15) is 4.98 Å². The highest BCUT2D eigenvalue weighted by Gasteiger charge is 2.26. The average Bonchev–Trinajstić information content (AvgIpc) is 2.95.